The zero-order valence-electron chi connectivity index (χ0n) is 13.1. The number of rotatable bonds is 1. The van der Waals surface area contributed by atoms with Gasteiger partial charge in [-0.15, -0.1) is 0 Å². The standard InChI is InChI=1S/C20H11N3O2/c24-19-15-6-5-12(9-16(15)20(25)23-19)14-8-13-4-3-11-2-1-7-21-17(11)18(13)22-10-14/h1-10H,(H,23,24,25)/p+1. The summed E-state index contributed by atoms with van der Waals surface area (Å²) in [6.45, 7) is 0. The number of aromatic nitrogens is 2. The highest BCUT2D eigenvalue weighted by molar-refractivity contribution is 6.11. The van der Waals surface area contributed by atoms with Crippen LogP contribution in [0.15, 0.2) is 60.9 Å². The fourth-order valence-electron chi connectivity index (χ4n) is 3.31. The van der Waals surface area contributed by atoms with E-state index >= 15 is 0 Å². The molecule has 2 amide bonds. The number of carbonyl (C=O) groups is 2. The molecule has 1 aliphatic heterocycles. The van der Waals surface area contributed by atoms with Crippen LogP contribution in [-0.4, -0.2) is 21.8 Å². The predicted octanol–water partition coefficient (Wildman–Crippen LogP) is 2.31. The number of carbonyl (C=O) groups excluding carboxylic acids is 2. The Morgan fingerprint density at radius 3 is 2.44 bits per heavy atom. The Morgan fingerprint density at radius 2 is 1.52 bits per heavy atom. The molecule has 25 heavy (non-hydrogen) atoms. The van der Waals surface area contributed by atoms with Crippen LogP contribution in [0.25, 0.3) is 32.9 Å². The molecule has 3 heterocycles. The first-order valence-corrected chi connectivity index (χ1v) is 7.92. The lowest BCUT2D eigenvalue weighted by Crippen LogP contribution is -2.88. The third kappa shape index (κ3) is 2.07. The van der Waals surface area contributed by atoms with Crippen molar-refractivity contribution in [1.29, 1.82) is 0 Å². The summed E-state index contributed by atoms with van der Waals surface area (Å²) >= 11 is 0. The Balaban J connectivity index is 1.69. The molecule has 0 unspecified atom stereocenters. The maximum atomic E-state index is 11.9. The van der Waals surface area contributed by atoms with E-state index in [1.165, 1.54) is 0 Å². The van der Waals surface area contributed by atoms with Crippen LogP contribution in [0.5, 0.6) is 0 Å². The summed E-state index contributed by atoms with van der Waals surface area (Å²) in [4.78, 5) is 32.7. The SMILES string of the molecule is O=C1[NH2+]C(=O)c2cc(-c3cnc4c(ccc5cccnc54)c3)ccc21. The fraction of sp³-hybridized carbons (Fsp3) is 0. The second-order valence-corrected chi connectivity index (χ2v) is 6.07. The molecule has 5 heteroatoms. The van der Waals surface area contributed by atoms with Gasteiger partial charge in [-0.1, -0.05) is 24.3 Å². The average molecular weight is 326 g/mol. The van der Waals surface area contributed by atoms with Gasteiger partial charge in [-0.3, -0.25) is 9.97 Å². The Bertz CT molecular complexity index is 1210. The number of benzene rings is 2. The van der Waals surface area contributed by atoms with Gasteiger partial charge in [0.15, 0.2) is 0 Å². The van der Waals surface area contributed by atoms with Crippen molar-refractivity contribution in [1.82, 2.24) is 9.97 Å². The molecule has 0 aliphatic carbocycles. The van der Waals surface area contributed by atoms with Crippen molar-refractivity contribution in [2.45, 2.75) is 0 Å². The second-order valence-electron chi connectivity index (χ2n) is 6.07. The van der Waals surface area contributed by atoms with Crippen molar-refractivity contribution in [2.24, 2.45) is 0 Å². The van der Waals surface area contributed by atoms with Gasteiger partial charge in [-0.05, 0) is 29.8 Å². The minimum atomic E-state index is -0.231. The van der Waals surface area contributed by atoms with Crippen LogP contribution in [0.4, 0.5) is 0 Å². The van der Waals surface area contributed by atoms with Crippen LogP contribution in [0.1, 0.15) is 20.7 Å². The highest BCUT2D eigenvalue weighted by atomic mass is 16.2. The first kappa shape index (κ1) is 13.9. The summed E-state index contributed by atoms with van der Waals surface area (Å²) in [7, 11) is 0. The molecule has 0 saturated carbocycles. The third-order valence-electron chi connectivity index (χ3n) is 4.57. The summed E-state index contributed by atoms with van der Waals surface area (Å²) in [5.74, 6) is -0.452. The van der Waals surface area contributed by atoms with E-state index in [1.807, 2.05) is 36.4 Å². The van der Waals surface area contributed by atoms with Gasteiger partial charge in [0.25, 0.3) is 0 Å². The summed E-state index contributed by atoms with van der Waals surface area (Å²) in [5, 5.41) is 3.18. The first-order valence-electron chi connectivity index (χ1n) is 7.92. The minimum absolute atomic E-state index is 0.222. The third-order valence-corrected chi connectivity index (χ3v) is 4.57. The number of imide groups is 1. The molecule has 2 aromatic carbocycles. The lowest BCUT2D eigenvalue weighted by molar-refractivity contribution is -0.445. The van der Waals surface area contributed by atoms with Crippen LogP contribution in [0, 0.1) is 0 Å². The van der Waals surface area contributed by atoms with Crippen molar-refractivity contribution in [2.75, 3.05) is 0 Å². The molecule has 0 spiro atoms. The van der Waals surface area contributed by atoms with Crippen molar-refractivity contribution in [3.63, 3.8) is 0 Å². The number of fused-ring (bicyclic) bond motifs is 4. The molecular weight excluding hydrogens is 314 g/mol. The van der Waals surface area contributed by atoms with Gasteiger partial charge in [0.2, 0.25) is 0 Å². The number of nitrogens with zero attached hydrogens (tertiary/aromatic N) is 2. The van der Waals surface area contributed by atoms with Crippen molar-refractivity contribution in [3.8, 4) is 11.1 Å². The number of hydrogen-bond donors (Lipinski definition) is 1. The molecule has 5 rings (SSSR count). The van der Waals surface area contributed by atoms with Gasteiger partial charge in [-0.2, -0.15) is 0 Å². The quantitative estimate of drug-likeness (QED) is 0.430. The first-order chi connectivity index (χ1) is 12.2. The number of quaternary nitrogens is 1. The van der Waals surface area contributed by atoms with Gasteiger partial charge < -0.3 is 0 Å². The molecule has 1 aliphatic rings. The molecule has 0 saturated heterocycles. The van der Waals surface area contributed by atoms with E-state index < -0.39 is 0 Å². The molecule has 118 valence electrons. The van der Waals surface area contributed by atoms with E-state index in [0.29, 0.717) is 11.1 Å². The van der Waals surface area contributed by atoms with E-state index in [1.54, 1.807) is 24.5 Å². The Labute approximate surface area is 142 Å². The summed E-state index contributed by atoms with van der Waals surface area (Å²) in [6, 6.07) is 15.3. The van der Waals surface area contributed by atoms with Crippen molar-refractivity contribution < 1.29 is 14.9 Å². The number of hydrogen-bond acceptors (Lipinski definition) is 4. The monoisotopic (exact) mass is 326 g/mol. The molecule has 2 N–H and O–H groups in total. The largest absolute Gasteiger partial charge is 0.351 e. The van der Waals surface area contributed by atoms with Crippen LogP contribution in [0.2, 0.25) is 0 Å². The lowest BCUT2D eigenvalue weighted by Gasteiger charge is -2.06. The zero-order valence-corrected chi connectivity index (χ0v) is 13.1. The normalized spacial score (nSPS) is 13.6. The van der Waals surface area contributed by atoms with Crippen molar-refractivity contribution in [3.05, 3.63) is 72.1 Å². The van der Waals surface area contributed by atoms with Gasteiger partial charge >= 0.3 is 11.8 Å². The van der Waals surface area contributed by atoms with Gasteiger partial charge in [0.05, 0.1) is 22.2 Å². The summed E-state index contributed by atoms with van der Waals surface area (Å²) < 4.78 is 0. The van der Waals surface area contributed by atoms with Gasteiger partial charge in [0.1, 0.15) is 0 Å². The van der Waals surface area contributed by atoms with E-state index in [2.05, 4.69) is 9.97 Å². The molecule has 2 aromatic heterocycles. The Morgan fingerprint density at radius 1 is 0.720 bits per heavy atom. The summed E-state index contributed by atoms with van der Waals surface area (Å²) in [6.07, 6.45) is 3.54. The predicted molar refractivity (Wildman–Crippen MR) is 93.1 cm³/mol. The van der Waals surface area contributed by atoms with E-state index in [-0.39, 0.29) is 11.8 Å². The number of pyridine rings is 2. The zero-order chi connectivity index (χ0) is 17.0. The van der Waals surface area contributed by atoms with Gasteiger partial charge in [-0.25, -0.2) is 14.9 Å². The molecule has 0 fully saturated rings. The number of primary amides is 2. The number of nitrogens with two attached hydrogens (primary N) is 1. The van der Waals surface area contributed by atoms with Crippen molar-refractivity contribution >= 4 is 33.6 Å². The smallest absolute Gasteiger partial charge is 0.254 e. The topological polar surface area (TPSA) is 76.5 Å². The molecule has 5 nitrogen and oxygen atoms in total. The molecular formula is C20H12N3O2+. The maximum Gasteiger partial charge on any atom is 0.351 e. The van der Waals surface area contributed by atoms with E-state index in [4.69, 9.17) is 0 Å². The fourth-order valence-corrected chi connectivity index (χ4v) is 3.31. The molecule has 0 atom stereocenters. The Hall–Kier alpha value is -3.44. The van der Waals surface area contributed by atoms with E-state index in [9.17, 15) is 9.59 Å². The Kier molecular flexibility index (Phi) is 2.80. The summed E-state index contributed by atoms with van der Waals surface area (Å²) in [5.41, 5.74) is 4.42. The minimum Gasteiger partial charge on any atom is -0.254 e. The maximum absolute atomic E-state index is 11.9. The van der Waals surface area contributed by atoms with Crippen LogP contribution >= 0.6 is 0 Å². The van der Waals surface area contributed by atoms with Gasteiger partial charge in [0, 0.05) is 28.7 Å². The molecule has 4 aromatic rings. The van der Waals surface area contributed by atoms with Crippen LogP contribution < -0.4 is 5.32 Å². The lowest BCUT2D eigenvalue weighted by atomic mass is 10.00. The molecule has 0 radical (unpaired) electrons. The van der Waals surface area contributed by atoms with Crippen LogP contribution in [-0.2, 0) is 0 Å². The van der Waals surface area contributed by atoms with Crippen LogP contribution in [0.3, 0.4) is 0 Å². The molecule has 0 bridgehead atoms. The van der Waals surface area contributed by atoms with E-state index in [0.717, 1.165) is 38.2 Å². The number of amides is 2. The highest BCUT2D eigenvalue weighted by Crippen LogP contribution is 2.28. The second kappa shape index (κ2) is 5.03. The highest BCUT2D eigenvalue weighted by Gasteiger charge is 2.32. The average Bonchev–Trinajstić information content (AvgIpc) is 2.94.